The Hall–Kier alpha value is -2.20. The Morgan fingerprint density at radius 3 is 2.58 bits per heavy atom. The van der Waals surface area contributed by atoms with Crippen LogP contribution in [0.3, 0.4) is 0 Å². The molecule has 0 fully saturated rings. The maximum absolute atomic E-state index is 12.5. The van der Waals surface area contributed by atoms with E-state index in [0.717, 1.165) is 0 Å². The number of carboxylic acids is 1. The lowest BCUT2D eigenvalue weighted by Gasteiger charge is -2.18. The second-order valence-corrected chi connectivity index (χ2v) is 3.62. The fourth-order valence-electron chi connectivity index (χ4n) is 1.29. The number of aromatic nitrogens is 4. The lowest BCUT2D eigenvalue weighted by atomic mass is 10.0. The summed E-state index contributed by atoms with van der Waals surface area (Å²) in [6.07, 6.45) is -6.21. The van der Waals surface area contributed by atoms with Crippen LogP contribution in [-0.4, -0.2) is 50.3 Å². The van der Waals surface area contributed by atoms with Gasteiger partial charge in [0.25, 0.3) is 11.7 Å². The summed E-state index contributed by atoms with van der Waals surface area (Å²) in [7, 11) is 0. The van der Waals surface area contributed by atoms with Gasteiger partial charge in [0.2, 0.25) is 0 Å². The summed E-state index contributed by atoms with van der Waals surface area (Å²) in [5.41, 5.74) is 0. The minimum Gasteiger partial charge on any atom is -0.481 e. The Morgan fingerprint density at radius 2 is 2.11 bits per heavy atom. The molecule has 0 saturated carbocycles. The van der Waals surface area contributed by atoms with Crippen LogP contribution in [0.2, 0.25) is 0 Å². The maximum Gasteiger partial charge on any atom is 0.392 e. The van der Waals surface area contributed by atoms with Gasteiger partial charge in [-0.1, -0.05) is 0 Å². The number of carbonyl (C=O) groups is 2. The quantitative estimate of drug-likeness (QED) is 0.673. The van der Waals surface area contributed by atoms with Gasteiger partial charge < -0.3 is 10.4 Å². The first-order valence-electron chi connectivity index (χ1n) is 5.11. The van der Waals surface area contributed by atoms with Crippen molar-refractivity contribution in [1.82, 2.24) is 25.9 Å². The Bertz CT molecular complexity index is 433. The first-order chi connectivity index (χ1) is 8.80. The molecule has 0 aliphatic carbocycles. The predicted molar refractivity (Wildman–Crippen MR) is 52.9 cm³/mol. The molecule has 1 amide bonds. The Labute approximate surface area is 104 Å². The van der Waals surface area contributed by atoms with Crippen molar-refractivity contribution in [1.29, 1.82) is 0 Å². The summed E-state index contributed by atoms with van der Waals surface area (Å²) in [4.78, 5) is 21.6. The summed E-state index contributed by atoms with van der Waals surface area (Å²) < 4.78 is 37.4. The fraction of sp³-hybridized carbons (Fsp3) is 0.625. The number of rotatable bonds is 6. The van der Waals surface area contributed by atoms with E-state index in [9.17, 15) is 22.8 Å². The van der Waals surface area contributed by atoms with Gasteiger partial charge in [-0.25, -0.2) is 0 Å². The molecule has 19 heavy (non-hydrogen) atoms. The summed E-state index contributed by atoms with van der Waals surface area (Å²) in [5, 5.41) is 22.3. The van der Waals surface area contributed by atoms with Crippen molar-refractivity contribution in [2.24, 2.45) is 5.92 Å². The predicted octanol–water partition coefficient (Wildman–Crippen LogP) is -0.0272. The van der Waals surface area contributed by atoms with Crippen LogP contribution < -0.4 is 5.32 Å². The summed E-state index contributed by atoms with van der Waals surface area (Å²) in [6.45, 7) is -0.342. The van der Waals surface area contributed by atoms with Crippen LogP contribution in [0.1, 0.15) is 23.5 Å². The average Bonchev–Trinajstić information content (AvgIpc) is 2.79. The highest BCUT2D eigenvalue weighted by Crippen LogP contribution is 2.31. The monoisotopic (exact) mass is 281 g/mol. The molecule has 1 unspecified atom stereocenters. The van der Waals surface area contributed by atoms with Crippen LogP contribution in [0.25, 0.3) is 0 Å². The van der Waals surface area contributed by atoms with E-state index in [0.29, 0.717) is 0 Å². The molecule has 0 aliphatic rings. The number of tetrazole rings is 1. The van der Waals surface area contributed by atoms with E-state index in [-0.39, 0.29) is 12.4 Å². The Kier molecular flexibility index (Phi) is 4.78. The van der Waals surface area contributed by atoms with Crippen molar-refractivity contribution >= 4 is 11.9 Å². The standard InChI is InChI=1S/C8H10F3N5O3/c9-8(10,11)4(3-5(17)18)1-2-12-7(19)6-13-15-16-14-6/h4H,1-3H2,(H,12,19)(H,17,18)(H,13,14,15,16). The van der Waals surface area contributed by atoms with Gasteiger partial charge in [0.1, 0.15) is 0 Å². The number of carboxylic acid groups (broad SMARTS) is 1. The van der Waals surface area contributed by atoms with Crippen molar-refractivity contribution in [3.63, 3.8) is 0 Å². The van der Waals surface area contributed by atoms with Crippen LogP contribution in [0, 0.1) is 5.92 Å². The lowest BCUT2D eigenvalue weighted by Crippen LogP contribution is -2.32. The van der Waals surface area contributed by atoms with Crippen LogP contribution in [0.15, 0.2) is 0 Å². The van der Waals surface area contributed by atoms with Crippen molar-refractivity contribution in [2.45, 2.75) is 19.0 Å². The second kappa shape index (κ2) is 6.11. The van der Waals surface area contributed by atoms with E-state index in [1.807, 2.05) is 5.21 Å². The summed E-state index contributed by atoms with van der Waals surface area (Å²) in [5.74, 6) is -4.66. The highest BCUT2D eigenvalue weighted by Gasteiger charge is 2.40. The number of amides is 1. The Balaban J connectivity index is 2.44. The van der Waals surface area contributed by atoms with Gasteiger partial charge in [0.05, 0.1) is 12.3 Å². The van der Waals surface area contributed by atoms with E-state index in [4.69, 9.17) is 5.11 Å². The van der Waals surface area contributed by atoms with Crippen LogP contribution in [-0.2, 0) is 4.79 Å². The van der Waals surface area contributed by atoms with Gasteiger partial charge in [0, 0.05) is 6.54 Å². The number of hydrogen-bond donors (Lipinski definition) is 3. The number of carbonyl (C=O) groups excluding carboxylic acids is 1. The SMILES string of the molecule is O=C(O)CC(CCNC(=O)c1nn[nH]n1)C(F)(F)F. The third-order valence-corrected chi connectivity index (χ3v) is 2.21. The molecule has 0 saturated heterocycles. The number of nitrogens with one attached hydrogen (secondary N) is 2. The first-order valence-corrected chi connectivity index (χ1v) is 5.11. The normalized spacial score (nSPS) is 13.0. The van der Waals surface area contributed by atoms with Gasteiger partial charge in [-0.3, -0.25) is 9.59 Å². The van der Waals surface area contributed by atoms with Crippen LogP contribution in [0.4, 0.5) is 13.2 Å². The maximum atomic E-state index is 12.5. The highest BCUT2D eigenvalue weighted by atomic mass is 19.4. The van der Waals surface area contributed by atoms with E-state index >= 15 is 0 Å². The third kappa shape index (κ3) is 4.89. The molecule has 0 aromatic carbocycles. The van der Waals surface area contributed by atoms with Gasteiger partial charge in [-0.2, -0.15) is 18.4 Å². The van der Waals surface area contributed by atoms with Crippen LogP contribution in [0.5, 0.6) is 0 Å². The van der Waals surface area contributed by atoms with Gasteiger partial charge in [-0.15, -0.1) is 10.2 Å². The van der Waals surface area contributed by atoms with Gasteiger partial charge in [0.15, 0.2) is 0 Å². The number of hydrogen-bond acceptors (Lipinski definition) is 5. The van der Waals surface area contributed by atoms with Crippen molar-refractivity contribution < 1.29 is 27.9 Å². The molecule has 3 N–H and O–H groups in total. The molecule has 1 aromatic rings. The molecule has 11 heteroatoms. The molecule has 1 rings (SSSR count). The number of aliphatic carboxylic acids is 1. The second-order valence-electron chi connectivity index (χ2n) is 3.62. The molecule has 1 aromatic heterocycles. The van der Waals surface area contributed by atoms with E-state index in [1.165, 1.54) is 0 Å². The third-order valence-electron chi connectivity index (χ3n) is 2.21. The van der Waals surface area contributed by atoms with Crippen LogP contribution >= 0.6 is 0 Å². The molecule has 0 radical (unpaired) electrons. The summed E-state index contributed by atoms with van der Waals surface area (Å²) >= 11 is 0. The van der Waals surface area contributed by atoms with Crippen molar-refractivity contribution in [3.8, 4) is 0 Å². The first kappa shape index (κ1) is 14.9. The van der Waals surface area contributed by atoms with E-state index in [1.54, 1.807) is 0 Å². The fourth-order valence-corrected chi connectivity index (χ4v) is 1.29. The topological polar surface area (TPSA) is 121 Å². The van der Waals surface area contributed by atoms with Gasteiger partial charge >= 0.3 is 12.1 Å². The summed E-state index contributed by atoms with van der Waals surface area (Å²) in [6, 6.07) is 0. The average molecular weight is 281 g/mol. The number of H-pyrrole nitrogens is 1. The largest absolute Gasteiger partial charge is 0.481 e. The smallest absolute Gasteiger partial charge is 0.392 e. The van der Waals surface area contributed by atoms with Crippen molar-refractivity contribution in [3.05, 3.63) is 5.82 Å². The Morgan fingerprint density at radius 1 is 1.42 bits per heavy atom. The molecule has 0 aliphatic heterocycles. The lowest BCUT2D eigenvalue weighted by molar-refractivity contribution is -0.184. The van der Waals surface area contributed by atoms with E-state index < -0.39 is 36.8 Å². The molecular formula is C8H10F3N5O3. The molecular weight excluding hydrogens is 271 g/mol. The zero-order chi connectivity index (χ0) is 14.5. The number of nitrogens with zero attached hydrogens (tertiary/aromatic N) is 3. The zero-order valence-corrected chi connectivity index (χ0v) is 9.44. The van der Waals surface area contributed by atoms with E-state index in [2.05, 4.69) is 20.7 Å². The minimum atomic E-state index is -4.63. The molecule has 0 bridgehead atoms. The molecule has 0 spiro atoms. The number of halogens is 3. The molecule has 1 heterocycles. The van der Waals surface area contributed by atoms with Crippen molar-refractivity contribution in [2.75, 3.05) is 6.54 Å². The highest BCUT2D eigenvalue weighted by molar-refractivity contribution is 5.89. The number of alkyl halides is 3. The zero-order valence-electron chi connectivity index (χ0n) is 9.44. The molecule has 8 nitrogen and oxygen atoms in total. The number of aromatic amines is 1. The minimum absolute atomic E-state index is 0.304. The molecule has 106 valence electrons. The molecule has 1 atom stereocenters. The van der Waals surface area contributed by atoms with Gasteiger partial charge in [-0.05, 0) is 11.6 Å².